The third kappa shape index (κ3) is 6.08. The SMILES string of the molecule is CCCC(CCNC(=O)c1ccco1)CCC(=O)O. The molecule has 0 fully saturated rings. The van der Waals surface area contributed by atoms with Crippen LogP contribution in [0.1, 0.15) is 49.6 Å². The van der Waals surface area contributed by atoms with Crippen LogP contribution in [0.15, 0.2) is 22.8 Å². The number of carbonyl (C=O) groups excluding carboxylic acids is 1. The van der Waals surface area contributed by atoms with Crippen LogP contribution in [0.5, 0.6) is 0 Å². The van der Waals surface area contributed by atoms with Gasteiger partial charge >= 0.3 is 5.97 Å². The highest BCUT2D eigenvalue weighted by molar-refractivity contribution is 5.91. The molecule has 0 saturated heterocycles. The van der Waals surface area contributed by atoms with E-state index in [0.717, 1.165) is 19.3 Å². The van der Waals surface area contributed by atoms with E-state index in [-0.39, 0.29) is 12.3 Å². The average molecular weight is 267 g/mol. The molecule has 0 radical (unpaired) electrons. The average Bonchev–Trinajstić information content (AvgIpc) is 2.89. The van der Waals surface area contributed by atoms with Gasteiger partial charge in [0.05, 0.1) is 6.26 Å². The molecular formula is C14H21NO4. The van der Waals surface area contributed by atoms with Crippen LogP contribution in [0.3, 0.4) is 0 Å². The van der Waals surface area contributed by atoms with Gasteiger partial charge in [-0.1, -0.05) is 19.8 Å². The fourth-order valence-corrected chi connectivity index (χ4v) is 2.05. The smallest absolute Gasteiger partial charge is 0.303 e. The summed E-state index contributed by atoms with van der Waals surface area (Å²) in [5, 5.41) is 11.5. The van der Waals surface area contributed by atoms with Gasteiger partial charge in [-0.15, -0.1) is 0 Å². The number of aliphatic carboxylic acids is 1. The normalized spacial score (nSPS) is 12.1. The van der Waals surface area contributed by atoms with Crippen molar-refractivity contribution in [3.63, 3.8) is 0 Å². The predicted molar refractivity (Wildman–Crippen MR) is 70.9 cm³/mol. The zero-order valence-corrected chi connectivity index (χ0v) is 11.2. The number of hydrogen-bond donors (Lipinski definition) is 2. The van der Waals surface area contributed by atoms with E-state index in [1.807, 2.05) is 0 Å². The van der Waals surface area contributed by atoms with Gasteiger partial charge in [0.1, 0.15) is 0 Å². The second-order valence-corrected chi connectivity index (χ2v) is 4.61. The number of nitrogens with one attached hydrogen (secondary N) is 1. The van der Waals surface area contributed by atoms with E-state index in [1.165, 1.54) is 6.26 Å². The lowest BCUT2D eigenvalue weighted by molar-refractivity contribution is -0.137. The van der Waals surface area contributed by atoms with E-state index in [1.54, 1.807) is 12.1 Å². The first-order valence-electron chi connectivity index (χ1n) is 6.67. The first-order chi connectivity index (χ1) is 9.13. The number of hydrogen-bond acceptors (Lipinski definition) is 3. The van der Waals surface area contributed by atoms with Crippen molar-refractivity contribution < 1.29 is 19.1 Å². The molecular weight excluding hydrogens is 246 g/mol. The van der Waals surface area contributed by atoms with Crippen LogP contribution in [-0.2, 0) is 4.79 Å². The van der Waals surface area contributed by atoms with Gasteiger partial charge in [0, 0.05) is 13.0 Å². The van der Waals surface area contributed by atoms with Gasteiger partial charge in [0.15, 0.2) is 5.76 Å². The highest BCUT2D eigenvalue weighted by Crippen LogP contribution is 2.17. The molecule has 0 aliphatic heterocycles. The number of carboxylic acids is 1. The molecule has 0 aliphatic carbocycles. The van der Waals surface area contributed by atoms with Crippen molar-refractivity contribution in [2.24, 2.45) is 5.92 Å². The molecule has 0 aliphatic rings. The van der Waals surface area contributed by atoms with Crippen LogP contribution in [0, 0.1) is 5.92 Å². The number of carboxylic acid groups (broad SMARTS) is 1. The van der Waals surface area contributed by atoms with E-state index < -0.39 is 5.97 Å². The first kappa shape index (κ1) is 15.3. The molecule has 19 heavy (non-hydrogen) atoms. The molecule has 0 aromatic carbocycles. The van der Waals surface area contributed by atoms with Crippen molar-refractivity contribution >= 4 is 11.9 Å². The Morgan fingerprint density at radius 2 is 2.16 bits per heavy atom. The molecule has 106 valence electrons. The second-order valence-electron chi connectivity index (χ2n) is 4.61. The molecule has 5 nitrogen and oxygen atoms in total. The lowest BCUT2D eigenvalue weighted by atomic mass is 9.94. The first-order valence-corrected chi connectivity index (χ1v) is 6.67. The highest BCUT2D eigenvalue weighted by atomic mass is 16.4. The Morgan fingerprint density at radius 3 is 2.74 bits per heavy atom. The van der Waals surface area contributed by atoms with Crippen LogP contribution in [-0.4, -0.2) is 23.5 Å². The summed E-state index contributed by atoms with van der Waals surface area (Å²) in [6.45, 7) is 2.62. The summed E-state index contributed by atoms with van der Waals surface area (Å²) >= 11 is 0. The zero-order chi connectivity index (χ0) is 14.1. The van der Waals surface area contributed by atoms with Crippen molar-refractivity contribution in [3.8, 4) is 0 Å². The van der Waals surface area contributed by atoms with Gasteiger partial charge < -0.3 is 14.8 Å². The summed E-state index contributed by atoms with van der Waals surface area (Å²) in [5.41, 5.74) is 0. The Hall–Kier alpha value is -1.78. The maximum absolute atomic E-state index is 11.6. The maximum atomic E-state index is 11.6. The van der Waals surface area contributed by atoms with Gasteiger partial charge in [0.25, 0.3) is 5.91 Å². The third-order valence-electron chi connectivity index (χ3n) is 3.05. The number of rotatable bonds is 9. The Kier molecular flexibility index (Phi) is 6.71. The van der Waals surface area contributed by atoms with Crippen molar-refractivity contribution in [2.45, 2.75) is 39.0 Å². The van der Waals surface area contributed by atoms with Crippen LogP contribution in [0.4, 0.5) is 0 Å². The molecule has 1 aromatic heterocycles. The van der Waals surface area contributed by atoms with Crippen molar-refractivity contribution in [1.29, 1.82) is 0 Å². The molecule has 1 rings (SSSR count). The molecule has 0 spiro atoms. The second kappa shape index (κ2) is 8.34. The fourth-order valence-electron chi connectivity index (χ4n) is 2.05. The molecule has 0 saturated carbocycles. The van der Waals surface area contributed by atoms with Gasteiger partial charge in [0.2, 0.25) is 0 Å². The molecule has 2 N–H and O–H groups in total. The molecule has 1 unspecified atom stereocenters. The van der Waals surface area contributed by atoms with E-state index in [9.17, 15) is 9.59 Å². The molecule has 0 bridgehead atoms. The number of carbonyl (C=O) groups is 2. The number of furan rings is 1. The Labute approximate surface area is 113 Å². The Bertz CT molecular complexity index is 386. The lowest BCUT2D eigenvalue weighted by Crippen LogP contribution is -2.25. The molecule has 1 atom stereocenters. The van der Waals surface area contributed by atoms with Crippen molar-refractivity contribution in [2.75, 3.05) is 6.54 Å². The summed E-state index contributed by atoms with van der Waals surface area (Å²) in [6.07, 6.45) is 5.13. The van der Waals surface area contributed by atoms with Crippen molar-refractivity contribution in [1.82, 2.24) is 5.32 Å². The fraction of sp³-hybridized carbons (Fsp3) is 0.571. The van der Waals surface area contributed by atoms with Gasteiger partial charge in [-0.3, -0.25) is 9.59 Å². The van der Waals surface area contributed by atoms with Crippen molar-refractivity contribution in [3.05, 3.63) is 24.2 Å². The lowest BCUT2D eigenvalue weighted by Gasteiger charge is -2.15. The quantitative estimate of drug-likeness (QED) is 0.721. The van der Waals surface area contributed by atoms with E-state index >= 15 is 0 Å². The molecule has 1 aromatic rings. The predicted octanol–water partition coefficient (Wildman–Crippen LogP) is 2.68. The summed E-state index contributed by atoms with van der Waals surface area (Å²) in [6, 6.07) is 3.28. The highest BCUT2D eigenvalue weighted by Gasteiger charge is 2.12. The summed E-state index contributed by atoms with van der Waals surface area (Å²) in [4.78, 5) is 22.2. The minimum Gasteiger partial charge on any atom is -0.481 e. The van der Waals surface area contributed by atoms with E-state index in [0.29, 0.717) is 24.6 Å². The van der Waals surface area contributed by atoms with Crippen LogP contribution < -0.4 is 5.32 Å². The number of amides is 1. The topological polar surface area (TPSA) is 79.5 Å². The summed E-state index contributed by atoms with van der Waals surface area (Å²) in [5.74, 6) is -0.338. The minimum atomic E-state index is -0.763. The van der Waals surface area contributed by atoms with Crippen LogP contribution >= 0.6 is 0 Å². The van der Waals surface area contributed by atoms with Gasteiger partial charge in [-0.2, -0.15) is 0 Å². The molecule has 1 heterocycles. The Balaban J connectivity index is 2.27. The minimum absolute atomic E-state index is 0.191. The van der Waals surface area contributed by atoms with Gasteiger partial charge in [-0.05, 0) is 30.9 Å². The largest absolute Gasteiger partial charge is 0.481 e. The van der Waals surface area contributed by atoms with E-state index in [4.69, 9.17) is 9.52 Å². The molecule has 5 heteroatoms. The maximum Gasteiger partial charge on any atom is 0.303 e. The zero-order valence-electron chi connectivity index (χ0n) is 11.2. The summed E-state index contributed by atoms with van der Waals surface area (Å²) < 4.78 is 4.99. The summed E-state index contributed by atoms with van der Waals surface area (Å²) in [7, 11) is 0. The molecule has 1 amide bonds. The Morgan fingerprint density at radius 1 is 1.37 bits per heavy atom. The third-order valence-corrected chi connectivity index (χ3v) is 3.05. The van der Waals surface area contributed by atoms with Crippen LogP contribution in [0.2, 0.25) is 0 Å². The standard InChI is InChI=1S/C14H21NO4/c1-2-4-11(6-7-13(16)17)8-9-15-14(18)12-5-3-10-19-12/h3,5,10-11H,2,4,6-9H2,1H3,(H,15,18)(H,16,17). The monoisotopic (exact) mass is 267 g/mol. The van der Waals surface area contributed by atoms with E-state index in [2.05, 4.69) is 12.2 Å². The van der Waals surface area contributed by atoms with Gasteiger partial charge in [-0.25, -0.2) is 0 Å². The van der Waals surface area contributed by atoms with Crippen LogP contribution in [0.25, 0.3) is 0 Å².